The van der Waals surface area contributed by atoms with Gasteiger partial charge >= 0.3 is 0 Å². The Kier molecular flexibility index (Phi) is 2.48. The topological polar surface area (TPSA) is 43.1 Å². The van der Waals surface area contributed by atoms with Crippen LogP contribution in [0.4, 0.5) is 0 Å². The summed E-state index contributed by atoms with van der Waals surface area (Å²) in [7, 11) is 0. The lowest BCUT2D eigenvalue weighted by Gasteiger charge is -2.15. The van der Waals surface area contributed by atoms with Crippen LogP contribution in [-0.2, 0) is 4.79 Å². The standard InChI is InChI=1S/C12H19NO/c1-12(6-7-12)11(14)10(13)8-9-4-2-3-5-9/h4,10H,2-3,5-8,13H2,1H3/t10-/m0/s1. The summed E-state index contributed by atoms with van der Waals surface area (Å²) in [4.78, 5) is 11.9. The predicted molar refractivity (Wildman–Crippen MR) is 56.9 cm³/mol. The Morgan fingerprint density at radius 2 is 2.36 bits per heavy atom. The lowest BCUT2D eigenvalue weighted by atomic mass is 9.93. The van der Waals surface area contributed by atoms with E-state index in [1.165, 1.54) is 18.4 Å². The highest BCUT2D eigenvalue weighted by molar-refractivity contribution is 5.91. The van der Waals surface area contributed by atoms with Crippen molar-refractivity contribution in [2.75, 3.05) is 0 Å². The van der Waals surface area contributed by atoms with Crippen molar-refractivity contribution < 1.29 is 4.79 Å². The molecule has 0 spiro atoms. The summed E-state index contributed by atoms with van der Waals surface area (Å²) in [5, 5.41) is 0. The molecule has 0 unspecified atom stereocenters. The van der Waals surface area contributed by atoms with Gasteiger partial charge in [0.15, 0.2) is 5.78 Å². The molecule has 0 amide bonds. The van der Waals surface area contributed by atoms with E-state index in [1.54, 1.807) is 0 Å². The molecule has 2 aliphatic carbocycles. The molecule has 0 aromatic heterocycles. The summed E-state index contributed by atoms with van der Waals surface area (Å²) in [5.74, 6) is 0.283. The molecule has 0 aliphatic heterocycles. The fraction of sp³-hybridized carbons (Fsp3) is 0.750. The van der Waals surface area contributed by atoms with Crippen molar-refractivity contribution in [1.82, 2.24) is 0 Å². The van der Waals surface area contributed by atoms with Crippen LogP contribution in [0.25, 0.3) is 0 Å². The van der Waals surface area contributed by atoms with Crippen molar-refractivity contribution in [1.29, 1.82) is 0 Å². The zero-order valence-electron chi connectivity index (χ0n) is 8.88. The van der Waals surface area contributed by atoms with Crippen LogP contribution in [-0.4, -0.2) is 11.8 Å². The molecule has 0 heterocycles. The summed E-state index contributed by atoms with van der Waals surface area (Å²) in [6.45, 7) is 2.04. The minimum absolute atomic E-state index is 0.0570. The molecule has 2 N–H and O–H groups in total. The number of Topliss-reactive ketones (excluding diaryl/α,β-unsaturated/α-hetero) is 1. The molecule has 2 rings (SSSR count). The van der Waals surface area contributed by atoms with Crippen molar-refractivity contribution in [3.63, 3.8) is 0 Å². The quantitative estimate of drug-likeness (QED) is 0.695. The van der Waals surface area contributed by atoms with Gasteiger partial charge in [-0.25, -0.2) is 0 Å². The van der Waals surface area contributed by atoms with Crippen molar-refractivity contribution in [2.24, 2.45) is 11.1 Å². The first kappa shape index (κ1) is 9.91. The molecule has 0 aromatic rings. The molecule has 0 bridgehead atoms. The second kappa shape index (κ2) is 3.50. The van der Waals surface area contributed by atoms with Crippen molar-refractivity contribution in [3.8, 4) is 0 Å². The van der Waals surface area contributed by atoms with Crippen molar-refractivity contribution in [3.05, 3.63) is 11.6 Å². The van der Waals surface area contributed by atoms with E-state index in [-0.39, 0.29) is 17.2 Å². The molecule has 0 aromatic carbocycles. The third-order valence-electron chi connectivity index (χ3n) is 3.55. The molecule has 1 fully saturated rings. The largest absolute Gasteiger partial charge is 0.321 e. The van der Waals surface area contributed by atoms with E-state index < -0.39 is 0 Å². The number of carbonyl (C=O) groups is 1. The Hall–Kier alpha value is -0.630. The molecule has 78 valence electrons. The number of ketones is 1. The predicted octanol–water partition coefficient (Wildman–Crippen LogP) is 2.18. The Labute approximate surface area is 85.6 Å². The Morgan fingerprint density at radius 3 is 2.86 bits per heavy atom. The SMILES string of the molecule is CC1(C(=O)[C@@H](N)CC2=CCCC2)CC1. The Bertz CT molecular complexity index is 276. The van der Waals surface area contributed by atoms with Crippen LogP contribution in [0.5, 0.6) is 0 Å². The minimum atomic E-state index is -0.244. The minimum Gasteiger partial charge on any atom is -0.321 e. The van der Waals surface area contributed by atoms with E-state index >= 15 is 0 Å². The zero-order chi connectivity index (χ0) is 10.2. The second-order valence-corrected chi connectivity index (χ2v) is 4.99. The Balaban J connectivity index is 1.88. The first-order valence-corrected chi connectivity index (χ1v) is 5.60. The summed E-state index contributed by atoms with van der Waals surface area (Å²) in [5.41, 5.74) is 7.27. The van der Waals surface area contributed by atoms with Crippen LogP contribution < -0.4 is 5.73 Å². The first-order valence-electron chi connectivity index (χ1n) is 5.60. The van der Waals surface area contributed by atoms with Gasteiger partial charge in [-0.15, -0.1) is 0 Å². The zero-order valence-corrected chi connectivity index (χ0v) is 8.88. The third kappa shape index (κ3) is 1.90. The van der Waals surface area contributed by atoms with E-state index in [1.807, 2.05) is 6.92 Å². The lowest BCUT2D eigenvalue weighted by Crippen LogP contribution is -2.35. The van der Waals surface area contributed by atoms with Crippen molar-refractivity contribution in [2.45, 2.75) is 51.5 Å². The lowest BCUT2D eigenvalue weighted by molar-refractivity contribution is -0.124. The monoisotopic (exact) mass is 193 g/mol. The molecule has 1 atom stereocenters. The molecule has 0 saturated heterocycles. The van der Waals surface area contributed by atoms with Gasteiger partial charge in [-0.05, 0) is 38.5 Å². The molecule has 2 nitrogen and oxygen atoms in total. The highest BCUT2D eigenvalue weighted by atomic mass is 16.1. The average molecular weight is 193 g/mol. The van der Waals surface area contributed by atoms with Gasteiger partial charge in [0.2, 0.25) is 0 Å². The molecule has 0 radical (unpaired) electrons. The van der Waals surface area contributed by atoms with Crippen LogP contribution in [0.2, 0.25) is 0 Å². The molecule has 1 saturated carbocycles. The fourth-order valence-corrected chi connectivity index (χ4v) is 2.18. The number of nitrogens with two attached hydrogens (primary N) is 1. The maximum Gasteiger partial charge on any atom is 0.155 e. The number of rotatable bonds is 4. The van der Waals surface area contributed by atoms with Crippen LogP contribution in [0, 0.1) is 5.41 Å². The van der Waals surface area contributed by atoms with Crippen LogP contribution in [0.1, 0.15) is 45.4 Å². The third-order valence-corrected chi connectivity index (χ3v) is 3.55. The van der Waals surface area contributed by atoms with Gasteiger partial charge in [0.1, 0.15) is 0 Å². The summed E-state index contributed by atoms with van der Waals surface area (Å²) >= 11 is 0. The van der Waals surface area contributed by atoms with Gasteiger partial charge in [0, 0.05) is 5.41 Å². The van der Waals surface area contributed by atoms with Crippen LogP contribution in [0.15, 0.2) is 11.6 Å². The Morgan fingerprint density at radius 1 is 1.64 bits per heavy atom. The number of allylic oxidation sites excluding steroid dienone is 1. The highest BCUT2D eigenvalue weighted by Crippen LogP contribution is 2.46. The van der Waals surface area contributed by atoms with E-state index in [9.17, 15) is 4.79 Å². The van der Waals surface area contributed by atoms with Crippen LogP contribution in [0.3, 0.4) is 0 Å². The van der Waals surface area contributed by atoms with Gasteiger partial charge in [0.05, 0.1) is 6.04 Å². The summed E-state index contributed by atoms with van der Waals surface area (Å²) in [6.07, 6.45) is 8.70. The molecule has 2 heteroatoms. The van der Waals surface area contributed by atoms with E-state index in [4.69, 9.17) is 5.73 Å². The van der Waals surface area contributed by atoms with Gasteiger partial charge in [-0.2, -0.15) is 0 Å². The number of hydrogen-bond donors (Lipinski definition) is 1. The fourth-order valence-electron chi connectivity index (χ4n) is 2.18. The van der Waals surface area contributed by atoms with Gasteiger partial charge in [0.25, 0.3) is 0 Å². The second-order valence-electron chi connectivity index (χ2n) is 4.99. The highest BCUT2D eigenvalue weighted by Gasteiger charge is 2.46. The number of hydrogen-bond acceptors (Lipinski definition) is 2. The first-order chi connectivity index (χ1) is 6.62. The van der Waals surface area contributed by atoms with Gasteiger partial charge in [-0.3, -0.25) is 4.79 Å². The van der Waals surface area contributed by atoms with Crippen molar-refractivity contribution >= 4 is 5.78 Å². The molecular formula is C12H19NO. The van der Waals surface area contributed by atoms with Crippen LogP contribution >= 0.6 is 0 Å². The van der Waals surface area contributed by atoms with E-state index in [0.29, 0.717) is 0 Å². The molecular weight excluding hydrogens is 174 g/mol. The maximum absolute atomic E-state index is 11.9. The van der Waals surface area contributed by atoms with Gasteiger partial charge < -0.3 is 5.73 Å². The normalized spacial score (nSPS) is 25.7. The van der Waals surface area contributed by atoms with E-state index in [2.05, 4.69) is 6.08 Å². The maximum atomic E-state index is 11.9. The smallest absolute Gasteiger partial charge is 0.155 e. The molecule has 14 heavy (non-hydrogen) atoms. The molecule has 2 aliphatic rings. The summed E-state index contributed by atoms with van der Waals surface area (Å²) in [6, 6.07) is -0.244. The summed E-state index contributed by atoms with van der Waals surface area (Å²) < 4.78 is 0. The van der Waals surface area contributed by atoms with E-state index in [0.717, 1.165) is 25.7 Å². The van der Waals surface area contributed by atoms with Gasteiger partial charge in [-0.1, -0.05) is 18.6 Å². The number of carbonyl (C=O) groups excluding carboxylic acids is 1. The average Bonchev–Trinajstić information content (AvgIpc) is 2.71.